The van der Waals surface area contributed by atoms with E-state index in [-0.39, 0.29) is 0 Å². The van der Waals surface area contributed by atoms with Gasteiger partial charge in [0.2, 0.25) is 0 Å². The van der Waals surface area contributed by atoms with Crippen LogP contribution in [0.3, 0.4) is 0 Å². The topological polar surface area (TPSA) is 8.81 Å². The number of aryl methyl sites for hydroxylation is 2. The highest BCUT2D eigenvalue weighted by Gasteiger charge is 2.32. The lowest BCUT2D eigenvalue weighted by Crippen LogP contribution is -2.31. The number of hydrogen-bond acceptors (Lipinski definition) is 0. The van der Waals surface area contributed by atoms with Crippen molar-refractivity contribution >= 4 is 19.1 Å². The number of fused-ring (bicyclic) bond motifs is 1. The number of benzene rings is 3. The summed E-state index contributed by atoms with van der Waals surface area (Å²) < 4.78 is 50.0. The summed E-state index contributed by atoms with van der Waals surface area (Å²) in [6.45, 7) is 19.4. The fraction of sp³-hybridized carbons (Fsp3) is 0.441. The third kappa shape index (κ3) is 5.34. The molecule has 0 radical (unpaired) electrons. The van der Waals surface area contributed by atoms with Crippen LogP contribution in [0.1, 0.15) is 93.9 Å². The highest BCUT2D eigenvalue weighted by atomic mass is 28.3. The van der Waals surface area contributed by atoms with Gasteiger partial charge >= 0.3 is 0 Å². The van der Waals surface area contributed by atoms with E-state index in [4.69, 9.17) is 4.11 Å². The molecule has 3 aromatic carbocycles. The van der Waals surface area contributed by atoms with Gasteiger partial charge in [-0.25, -0.2) is 4.57 Å². The van der Waals surface area contributed by atoms with E-state index in [1.165, 1.54) is 0 Å². The minimum atomic E-state index is -2.23. The number of imidazole rings is 1. The molecule has 0 spiro atoms. The highest BCUT2D eigenvalue weighted by Crippen LogP contribution is 2.39. The molecule has 2 nitrogen and oxygen atoms in total. The van der Waals surface area contributed by atoms with Gasteiger partial charge in [-0.15, -0.1) is 0 Å². The largest absolute Gasteiger partial charge is 0.295 e. The molecule has 0 unspecified atom stereocenters. The summed E-state index contributed by atoms with van der Waals surface area (Å²) in [5.74, 6) is -3.52. The summed E-state index contributed by atoms with van der Waals surface area (Å²) in [7, 11) is -0.196. The molecule has 0 amide bonds. The lowest BCUT2D eigenvalue weighted by atomic mass is 9.87. The van der Waals surface area contributed by atoms with Crippen molar-refractivity contribution in [3.8, 4) is 17.1 Å². The van der Waals surface area contributed by atoms with Crippen LogP contribution in [0.2, 0.25) is 19.6 Å². The van der Waals surface area contributed by atoms with E-state index in [1.54, 1.807) is 0 Å². The predicted molar refractivity (Wildman–Crippen MR) is 164 cm³/mol. The van der Waals surface area contributed by atoms with E-state index in [0.29, 0.717) is 5.56 Å². The maximum Gasteiger partial charge on any atom is 0.295 e. The zero-order valence-electron chi connectivity index (χ0n) is 29.6. The summed E-state index contributed by atoms with van der Waals surface area (Å²) in [5.41, 5.74) is 7.63. The zero-order valence-corrected chi connectivity index (χ0v) is 25.6. The maximum atomic E-state index is 9.29. The smallest absolute Gasteiger partial charge is 0.225 e. The Morgan fingerprint density at radius 3 is 2.00 bits per heavy atom. The highest BCUT2D eigenvalue weighted by molar-refractivity contribution is 6.75. The van der Waals surface area contributed by atoms with E-state index >= 15 is 0 Å². The van der Waals surface area contributed by atoms with Crippen molar-refractivity contribution in [1.82, 2.24) is 4.57 Å². The van der Waals surface area contributed by atoms with Crippen LogP contribution in [0.15, 0.2) is 54.6 Å². The molecule has 37 heavy (non-hydrogen) atoms. The van der Waals surface area contributed by atoms with Crippen molar-refractivity contribution in [3.05, 3.63) is 82.4 Å². The third-order valence-electron chi connectivity index (χ3n) is 7.00. The Bertz CT molecular complexity index is 1620. The third-order valence-corrected chi connectivity index (χ3v) is 8.04. The molecule has 0 aliphatic rings. The Hall–Kier alpha value is -2.65. The Balaban J connectivity index is 2.27. The summed E-state index contributed by atoms with van der Waals surface area (Å²) in [4.78, 5) is 0. The average Bonchev–Trinajstić information content (AvgIpc) is 3.13. The maximum absolute atomic E-state index is 9.29. The zero-order chi connectivity index (χ0) is 31.8. The van der Waals surface area contributed by atoms with Gasteiger partial charge < -0.3 is 0 Å². The number of rotatable bonds is 7. The molecule has 196 valence electrons. The van der Waals surface area contributed by atoms with Gasteiger partial charge in [-0.05, 0) is 65.5 Å². The Morgan fingerprint density at radius 1 is 0.865 bits per heavy atom. The van der Waals surface area contributed by atoms with Gasteiger partial charge in [0.05, 0.1) is 12.6 Å². The minimum Gasteiger partial charge on any atom is -0.225 e. The van der Waals surface area contributed by atoms with E-state index in [2.05, 4.69) is 47.8 Å². The van der Waals surface area contributed by atoms with Crippen LogP contribution in [-0.4, -0.2) is 12.6 Å². The van der Waals surface area contributed by atoms with Crippen LogP contribution in [0.4, 0.5) is 0 Å². The van der Waals surface area contributed by atoms with Crippen LogP contribution in [0.25, 0.3) is 28.1 Å². The molecule has 0 N–H and O–H groups in total. The summed E-state index contributed by atoms with van der Waals surface area (Å²) >= 11 is 0. The van der Waals surface area contributed by atoms with Gasteiger partial charge in [0.1, 0.15) is 5.69 Å². The molecule has 4 rings (SSSR count). The van der Waals surface area contributed by atoms with Gasteiger partial charge in [0, 0.05) is 26.1 Å². The second kappa shape index (κ2) is 10.2. The van der Waals surface area contributed by atoms with Crippen molar-refractivity contribution in [3.63, 3.8) is 0 Å². The van der Waals surface area contributed by atoms with Gasteiger partial charge in [-0.3, -0.25) is 0 Å². The summed E-state index contributed by atoms with van der Waals surface area (Å²) in [6.07, 6.45) is 0. The van der Waals surface area contributed by atoms with E-state index in [1.807, 2.05) is 91.1 Å². The Labute approximate surface area is 233 Å². The standard InChI is InChI=1S/C34H47N2Si/c1-22(2)27-19-28(23(3)4)33(29(20-27)24(5)6)36-32-15-13-12-14-31(32)35(8)34(36)30-18-26(17-16-25(30)7)21-37(9,10)11/h12-20,22-24H,21H2,1-11H3/q+1/i21D2,22D,23D,24D. The van der Waals surface area contributed by atoms with Crippen LogP contribution in [0, 0.1) is 6.92 Å². The number of nitrogens with zero attached hydrogens (tertiary/aromatic N) is 2. The fourth-order valence-corrected chi connectivity index (χ4v) is 6.16. The monoisotopic (exact) mass is 516 g/mol. The quantitative estimate of drug-likeness (QED) is 0.171. The predicted octanol–water partition coefficient (Wildman–Crippen LogP) is 9.22. The molecule has 0 atom stereocenters. The Kier molecular flexibility index (Phi) is 5.90. The Morgan fingerprint density at radius 2 is 1.46 bits per heavy atom. The molecule has 4 aromatic rings. The number of para-hydroxylation sites is 2. The van der Waals surface area contributed by atoms with Crippen LogP contribution < -0.4 is 4.57 Å². The van der Waals surface area contributed by atoms with Crippen LogP contribution in [-0.2, 0) is 13.0 Å². The first-order chi connectivity index (χ1) is 19.0. The molecule has 1 aromatic heterocycles. The lowest BCUT2D eigenvalue weighted by molar-refractivity contribution is -0.633. The van der Waals surface area contributed by atoms with Gasteiger partial charge in [-0.1, -0.05) is 97.6 Å². The first-order valence-electron chi connectivity index (χ1n) is 15.8. The lowest BCUT2D eigenvalue weighted by Gasteiger charge is -2.22. The number of aromatic nitrogens is 2. The SMILES string of the molecule is [2H]C(C)(C)c1cc(C([2H])(C)C)c(-n2c(-c3cc(C([2H])([2H])[Si](C)(C)C)ccc3C)[n+](C)c3ccccc32)c(C([2H])(C)C)c1. The van der Waals surface area contributed by atoms with Gasteiger partial charge in [0.15, 0.2) is 11.0 Å². The molecule has 1 heterocycles. The van der Waals surface area contributed by atoms with Crippen molar-refractivity contribution in [1.29, 1.82) is 0 Å². The molecule has 0 aliphatic carbocycles. The van der Waals surface area contributed by atoms with Crippen molar-refractivity contribution < 1.29 is 11.4 Å². The first kappa shape index (κ1) is 21.3. The second-order valence-corrected chi connectivity index (χ2v) is 16.8. The molecule has 0 saturated heterocycles. The second-order valence-electron chi connectivity index (χ2n) is 12.0. The summed E-state index contributed by atoms with van der Waals surface area (Å²) in [5, 5.41) is 0. The van der Waals surface area contributed by atoms with Gasteiger partial charge in [0.25, 0.3) is 5.82 Å². The average molecular weight is 517 g/mol. The molecule has 0 fully saturated rings. The number of hydrogen-bond donors (Lipinski definition) is 0. The normalized spacial score (nSPS) is 15.7. The molecule has 0 saturated carbocycles. The molecule has 0 bridgehead atoms. The molecule has 3 heteroatoms. The first-order valence-corrected chi connectivity index (χ1v) is 16.8. The van der Waals surface area contributed by atoms with E-state index < -0.39 is 31.8 Å². The van der Waals surface area contributed by atoms with E-state index in [9.17, 15) is 2.74 Å². The minimum absolute atomic E-state index is 0.674. The fourth-order valence-electron chi connectivity index (χ4n) is 5.14. The van der Waals surface area contributed by atoms with Crippen molar-refractivity contribution in [2.75, 3.05) is 0 Å². The van der Waals surface area contributed by atoms with Crippen molar-refractivity contribution in [2.24, 2.45) is 7.05 Å². The molecular weight excluding hydrogens is 464 g/mol. The van der Waals surface area contributed by atoms with E-state index in [0.717, 1.165) is 50.4 Å². The molecular formula is C34H47N2Si+. The van der Waals surface area contributed by atoms with Gasteiger partial charge in [-0.2, -0.15) is 4.57 Å². The van der Waals surface area contributed by atoms with Crippen LogP contribution in [0.5, 0.6) is 0 Å². The van der Waals surface area contributed by atoms with Crippen LogP contribution >= 0.6 is 0 Å². The van der Waals surface area contributed by atoms with Crippen molar-refractivity contribution in [2.45, 2.75) is 91.8 Å². The summed E-state index contributed by atoms with van der Waals surface area (Å²) in [6, 6.07) is 18.1. The molecule has 0 aliphatic heterocycles.